The fraction of sp³-hybridized carbons (Fsp3) is 0.0847. The predicted octanol–water partition coefficient (Wildman–Crippen LogP) is 15.6. The molecule has 0 bridgehead atoms. The monoisotopic (exact) mass is 779 g/mol. The van der Waals surface area contributed by atoms with Gasteiger partial charge in [-0.05, 0) is 134 Å². The minimum atomic E-state index is -0.490. The summed E-state index contributed by atoms with van der Waals surface area (Å²) in [5, 5.41) is 2.22. The molecule has 0 aliphatic heterocycles. The van der Waals surface area contributed by atoms with Gasteiger partial charge in [-0.2, -0.15) is 0 Å². The Labute approximate surface area is 356 Å². The Bertz CT molecular complexity index is 3330. The third kappa shape index (κ3) is 4.97. The van der Waals surface area contributed by atoms with Gasteiger partial charge >= 0.3 is 0 Å². The standard InChI is InChI=1S/C59H41NO/c1-2-17-43(18-3-1)60(55-27-14-23-48-47-22-9-13-28-57(47)61-58(48)55)56-37-54-50(36-49(56)40-32-29-39(30-33-40)42-34-31-38-15-4-5-16-41(38)35-42)46-21-8-12-26-53(46)59(54)51-24-10-6-19-44(51)45-20-7-11-25-52(45)59/h1-3,6-14,17-37H,4-5,15-16H2. The molecule has 0 amide bonds. The zero-order chi connectivity index (χ0) is 40.1. The van der Waals surface area contributed by atoms with Gasteiger partial charge in [0.15, 0.2) is 5.58 Å². The van der Waals surface area contributed by atoms with Crippen molar-refractivity contribution in [3.05, 3.63) is 234 Å². The second-order valence-corrected chi connectivity index (χ2v) is 17.0. The van der Waals surface area contributed by atoms with Gasteiger partial charge in [0, 0.05) is 22.0 Å². The lowest BCUT2D eigenvalue weighted by atomic mass is 9.70. The van der Waals surface area contributed by atoms with E-state index in [-0.39, 0.29) is 0 Å². The van der Waals surface area contributed by atoms with E-state index in [9.17, 15) is 0 Å². The SMILES string of the molecule is c1ccc(N(c2cc3c(cc2-c2ccc(-c4ccc5c(c4)CCCC5)cc2)-c2ccccc2C32c3ccccc3-c3ccccc32)c2cccc3c2oc2ccccc23)cc1. The van der Waals surface area contributed by atoms with E-state index in [0.717, 1.165) is 39.0 Å². The lowest BCUT2D eigenvalue weighted by Gasteiger charge is -2.33. The van der Waals surface area contributed by atoms with Crippen LogP contribution in [0.2, 0.25) is 0 Å². The highest BCUT2D eigenvalue weighted by Gasteiger charge is 2.52. The first-order valence-electron chi connectivity index (χ1n) is 21.7. The van der Waals surface area contributed by atoms with Crippen molar-refractivity contribution < 1.29 is 4.42 Å². The number of rotatable bonds is 5. The van der Waals surface area contributed by atoms with E-state index in [1.807, 2.05) is 0 Å². The zero-order valence-corrected chi connectivity index (χ0v) is 33.7. The summed E-state index contributed by atoms with van der Waals surface area (Å²) in [6, 6.07) is 74.5. The summed E-state index contributed by atoms with van der Waals surface area (Å²) in [7, 11) is 0. The molecule has 2 heteroatoms. The van der Waals surface area contributed by atoms with Gasteiger partial charge in [-0.3, -0.25) is 0 Å². The highest BCUT2D eigenvalue weighted by atomic mass is 16.3. The van der Waals surface area contributed by atoms with Crippen LogP contribution in [0.5, 0.6) is 0 Å². The summed E-state index contributed by atoms with van der Waals surface area (Å²) >= 11 is 0. The molecule has 1 aromatic heterocycles. The van der Waals surface area contributed by atoms with E-state index in [1.54, 1.807) is 0 Å². The molecule has 0 N–H and O–H groups in total. The number of hydrogen-bond donors (Lipinski definition) is 0. The number of benzene rings is 9. The first kappa shape index (κ1) is 34.4. The molecule has 0 atom stereocenters. The molecule has 0 radical (unpaired) electrons. The maximum atomic E-state index is 6.85. The van der Waals surface area contributed by atoms with Gasteiger partial charge in [-0.1, -0.05) is 164 Å². The largest absolute Gasteiger partial charge is 0.454 e. The van der Waals surface area contributed by atoms with Crippen LogP contribution in [-0.2, 0) is 18.3 Å². The van der Waals surface area contributed by atoms with E-state index in [2.05, 4.69) is 205 Å². The molecule has 3 aliphatic rings. The van der Waals surface area contributed by atoms with Crippen LogP contribution in [0.1, 0.15) is 46.2 Å². The van der Waals surface area contributed by atoms with E-state index < -0.39 is 5.41 Å². The fourth-order valence-corrected chi connectivity index (χ4v) is 11.2. The average Bonchev–Trinajstić information content (AvgIpc) is 3.96. The van der Waals surface area contributed by atoms with E-state index in [4.69, 9.17) is 4.42 Å². The van der Waals surface area contributed by atoms with Crippen LogP contribution < -0.4 is 4.90 Å². The molecule has 0 saturated heterocycles. The van der Waals surface area contributed by atoms with Gasteiger partial charge in [0.1, 0.15) is 5.58 Å². The number of para-hydroxylation sites is 3. The molecule has 0 saturated carbocycles. The first-order chi connectivity index (χ1) is 30.3. The third-order valence-corrected chi connectivity index (χ3v) is 13.9. The predicted molar refractivity (Wildman–Crippen MR) is 252 cm³/mol. The molecular formula is C59H41NO. The number of furan rings is 1. The van der Waals surface area contributed by atoms with Crippen molar-refractivity contribution in [2.75, 3.05) is 4.90 Å². The first-order valence-corrected chi connectivity index (χ1v) is 21.7. The Morgan fingerprint density at radius 1 is 0.377 bits per heavy atom. The average molecular weight is 780 g/mol. The van der Waals surface area contributed by atoms with Crippen molar-refractivity contribution in [3.63, 3.8) is 0 Å². The maximum Gasteiger partial charge on any atom is 0.159 e. The Morgan fingerprint density at radius 2 is 0.967 bits per heavy atom. The number of hydrogen-bond acceptors (Lipinski definition) is 2. The van der Waals surface area contributed by atoms with Crippen LogP contribution in [0.15, 0.2) is 205 Å². The summed E-state index contributed by atoms with van der Waals surface area (Å²) in [5.41, 5.74) is 22.8. The van der Waals surface area contributed by atoms with Crippen molar-refractivity contribution >= 4 is 39.0 Å². The van der Waals surface area contributed by atoms with Crippen LogP contribution >= 0.6 is 0 Å². The summed E-state index contributed by atoms with van der Waals surface area (Å²) in [6.45, 7) is 0. The summed E-state index contributed by atoms with van der Waals surface area (Å²) in [4.78, 5) is 2.45. The van der Waals surface area contributed by atoms with Crippen LogP contribution in [-0.4, -0.2) is 0 Å². The minimum Gasteiger partial charge on any atom is -0.454 e. The van der Waals surface area contributed by atoms with Gasteiger partial charge in [0.2, 0.25) is 0 Å². The van der Waals surface area contributed by atoms with Crippen LogP contribution in [0.25, 0.3) is 66.4 Å². The van der Waals surface area contributed by atoms with Gasteiger partial charge in [-0.15, -0.1) is 0 Å². The molecule has 1 spiro atoms. The van der Waals surface area contributed by atoms with Crippen molar-refractivity contribution in [3.8, 4) is 44.5 Å². The normalized spacial score (nSPS) is 14.1. The number of nitrogens with zero attached hydrogens (tertiary/aromatic N) is 1. The Balaban J connectivity index is 1.11. The number of aryl methyl sites for hydroxylation is 2. The van der Waals surface area contributed by atoms with Crippen LogP contribution in [0.3, 0.4) is 0 Å². The van der Waals surface area contributed by atoms with Gasteiger partial charge < -0.3 is 9.32 Å². The second kappa shape index (κ2) is 13.3. The Kier molecular flexibility index (Phi) is 7.51. The van der Waals surface area contributed by atoms with Crippen molar-refractivity contribution in [2.24, 2.45) is 0 Å². The molecule has 0 unspecified atom stereocenters. The second-order valence-electron chi connectivity index (χ2n) is 17.0. The lowest BCUT2D eigenvalue weighted by Crippen LogP contribution is -2.26. The quantitative estimate of drug-likeness (QED) is 0.173. The smallest absolute Gasteiger partial charge is 0.159 e. The molecule has 13 rings (SSSR count). The fourth-order valence-electron chi connectivity index (χ4n) is 11.2. The number of fused-ring (bicyclic) bond motifs is 14. The van der Waals surface area contributed by atoms with Gasteiger partial charge in [-0.25, -0.2) is 0 Å². The molecule has 9 aromatic carbocycles. The summed E-state index contributed by atoms with van der Waals surface area (Å²) in [6.07, 6.45) is 4.93. The Hall–Kier alpha value is -7.42. The lowest BCUT2D eigenvalue weighted by molar-refractivity contribution is 0.669. The molecule has 10 aromatic rings. The van der Waals surface area contributed by atoms with Crippen molar-refractivity contribution in [1.29, 1.82) is 0 Å². The van der Waals surface area contributed by atoms with Crippen LogP contribution in [0, 0.1) is 0 Å². The van der Waals surface area contributed by atoms with E-state index in [0.29, 0.717) is 0 Å². The third-order valence-electron chi connectivity index (χ3n) is 13.9. The molecule has 61 heavy (non-hydrogen) atoms. The maximum absolute atomic E-state index is 6.85. The van der Waals surface area contributed by atoms with Crippen molar-refractivity contribution in [2.45, 2.75) is 31.1 Å². The minimum absolute atomic E-state index is 0.490. The van der Waals surface area contributed by atoms with Crippen LogP contribution in [0.4, 0.5) is 17.1 Å². The zero-order valence-electron chi connectivity index (χ0n) is 33.7. The summed E-state index contributed by atoms with van der Waals surface area (Å²) in [5.74, 6) is 0. The molecular weight excluding hydrogens is 739 g/mol. The molecule has 3 aliphatic carbocycles. The molecule has 0 fully saturated rings. The van der Waals surface area contributed by atoms with Crippen molar-refractivity contribution in [1.82, 2.24) is 0 Å². The van der Waals surface area contributed by atoms with E-state index >= 15 is 0 Å². The molecule has 288 valence electrons. The topological polar surface area (TPSA) is 16.4 Å². The summed E-state index contributed by atoms with van der Waals surface area (Å²) < 4.78 is 6.85. The number of anilines is 3. The van der Waals surface area contributed by atoms with Gasteiger partial charge in [0.25, 0.3) is 0 Å². The Morgan fingerprint density at radius 3 is 1.70 bits per heavy atom. The highest BCUT2D eigenvalue weighted by Crippen LogP contribution is 2.64. The molecule has 1 heterocycles. The molecule has 2 nitrogen and oxygen atoms in total. The highest BCUT2D eigenvalue weighted by molar-refractivity contribution is 6.11. The van der Waals surface area contributed by atoms with Gasteiger partial charge in [0.05, 0.1) is 16.8 Å². The van der Waals surface area contributed by atoms with E-state index in [1.165, 1.54) is 104 Å².